The summed E-state index contributed by atoms with van der Waals surface area (Å²) in [6.07, 6.45) is 1.72. The summed E-state index contributed by atoms with van der Waals surface area (Å²) in [5.74, 6) is 1.17. The van der Waals surface area contributed by atoms with Crippen LogP contribution in [0, 0.1) is 0 Å². The summed E-state index contributed by atoms with van der Waals surface area (Å²) < 4.78 is 1.88. The number of carbonyl (C=O) groups excluding carboxylic acids is 1. The quantitative estimate of drug-likeness (QED) is 0.693. The van der Waals surface area contributed by atoms with Crippen LogP contribution in [0.1, 0.15) is 61.5 Å². The van der Waals surface area contributed by atoms with Gasteiger partial charge in [-0.05, 0) is 25.0 Å². The molecule has 0 saturated carbocycles. The fraction of sp³-hybridized carbons (Fsp3) is 0.500. The van der Waals surface area contributed by atoms with Crippen molar-refractivity contribution in [1.82, 2.24) is 29.7 Å². The number of fused-ring (bicyclic) bond motifs is 1. The summed E-state index contributed by atoms with van der Waals surface area (Å²) in [6.45, 7) is 7.85. The van der Waals surface area contributed by atoms with Gasteiger partial charge in [-0.2, -0.15) is 9.61 Å². The van der Waals surface area contributed by atoms with Crippen LogP contribution in [0.4, 0.5) is 0 Å². The van der Waals surface area contributed by atoms with E-state index in [0.29, 0.717) is 18.8 Å². The first kappa shape index (κ1) is 17.1. The Hall–Kier alpha value is -2.35. The molecule has 1 amide bonds. The van der Waals surface area contributed by atoms with Crippen LogP contribution in [0.5, 0.6) is 0 Å². The molecular formula is C18H22N6OS. The average molecular weight is 370 g/mol. The zero-order valence-electron chi connectivity index (χ0n) is 15.2. The SMILES string of the molecule is CC(C)(C)c1ccc2nnc(C3CCN(C(=O)c4cscn4)CC3)n2n1. The Morgan fingerprint density at radius 3 is 2.62 bits per heavy atom. The molecule has 0 N–H and O–H groups in total. The number of aromatic nitrogens is 5. The maximum atomic E-state index is 12.4. The van der Waals surface area contributed by atoms with E-state index < -0.39 is 0 Å². The smallest absolute Gasteiger partial charge is 0.273 e. The maximum Gasteiger partial charge on any atom is 0.273 e. The molecule has 0 spiro atoms. The first-order chi connectivity index (χ1) is 12.4. The van der Waals surface area contributed by atoms with Gasteiger partial charge in [-0.25, -0.2) is 4.98 Å². The predicted octanol–water partition coefficient (Wildman–Crippen LogP) is 2.90. The van der Waals surface area contributed by atoms with E-state index in [1.165, 1.54) is 11.3 Å². The van der Waals surface area contributed by atoms with Crippen LogP contribution in [0.15, 0.2) is 23.0 Å². The lowest BCUT2D eigenvalue weighted by Gasteiger charge is -2.30. The van der Waals surface area contributed by atoms with Crippen molar-refractivity contribution >= 4 is 22.9 Å². The molecule has 0 atom stereocenters. The molecule has 1 fully saturated rings. The van der Waals surface area contributed by atoms with Gasteiger partial charge in [0, 0.05) is 29.8 Å². The second kappa shape index (κ2) is 6.42. The first-order valence-electron chi connectivity index (χ1n) is 8.84. The van der Waals surface area contributed by atoms with Gasteiger partial charge in [0.1, 0.15) is 5.69 Å². The van der Waals surface area contributed by atoms with E-state index in [1.807, 2.05) is 21.5 Å². The molecule has 26 heavy (non-hydrogen) atoms. The van der Waals surface area contributed by atoms with Crippen molar-refractivity contribution in [2.24, 2.45) is 0 Å². The Labute approximate surface area is 156 Å². The number of hydrogen-bond acceptors (Lipinski definition) is 6. The van der Waals surface area contributed by atoms with Crippen molar-refractivity contribution in [1.29, 1.82) is 0 Å². The minimum absolute atomic E-state index is 0.0175. The summed E-state index contributed by atoms with van der Waals surface area (Å²) in [4.78, 5) is 18.4. The van der Waals surface area contributed by atoms with Crippen molar-refractivity contribution in [2.75, 3.05) is 13.1 Å². The highest BCUT2D eigenvalue weighted by molar-refractivity contribution is 7.07. The number of hydrogen-bond donors (Lipinski definition) is 0. The molecule has 3 aromatic rings. The minimum atomic E-state index is -0.0287. The number of thiazole rings is 1. The molecule has 4 heterocycles. The van der Waals surface area contributed by atoms with Gasteiger partial charge in [0.15, 0.2) is 11.5 Å². The van der Waals surface area contributed by atoms with Gasteiger partial charge in [0.2, 0.25) is 0 Å². The molecule has 8 heteroatoms. The van der Waals surface area contributed by atoms with Crippen LogP contribution in [0.2, 0.25) is 0 Å². The Balaban J connectivity index is 1.53. The third kappa shape index (κ3) is 3.09. The van der Waals surface area contributed by atoms with Crippen LogP contribution in [-0.4, -0.2) is 48.7 Å². The third-order valence-corrected chi connectivity index (χ3v) is 5.44. The fourth-order valence-corrected chi connectivity index (χ4v) is 3.81. The lowest BCUT2D eigenvalue weighted by atomic mass is 9.92. The van der Waals surface area contributed by atoms with Gasteiger partial charge in [0.05, 0.1) is 11.2 Å². The number of likely N-dealkylation sites (tertiary alicyclic amines) is 1. The van der Waals surface area contributed by atoms with Crippen molar-refractivity contribution in [2.45, 2.75) is 44.9 Å². The summed E-state index contributed by atoms with van der Waals surface area (Å²) >= 11 is 1.45. The van der Waals surface area contributed by atoms with Crippen molar-refractivity contribution in [3.8, 4) is 0 Å². The third-order valence-electron chi connectivity index (χ3n) is 4.85. The molecular weight excluding hydrogens is 348 g/mol. The molecule has 0 aromatic carbocycles. The number of piperidine rings is 1. The largest absolute Gasteiger partial charge is 0.337 e. The van der Waals surface area contributed by atoms with E-state index in [9.17, 15) is 4.79 Å². The summed E-state index contributed by atoms with van der Waals surface area (Å²) in [5, 5.41) is 15.3. The fourth-order valence-electron chi connectivity index (χ4n) is 3.28. The average Bonchev–Trinajstić information content (AvgIpc) is 3.30. The first-order valence-corrected chi connectivity index (χ1v) is 9.78. The second-order valence-corrected chi connectivity index (χ2v) is 8.46. The van der Waals surface area contributed by atoms with E-state index in [2.05, 4.69) is 36.0 Å². The maximum absolute atomic E-state index is 12.4. The van der Waals surface area contributed by atoms with Crippen LogP contribution in [0.25, 0.3) is 5.65 Å². The molecule has 4 rings (SSSR count). The summed E-state index contributed by atoms with van der Waals surface area (Å²) in [7, 11) is 0. The van der Waals surface area contributed by atoms with Crippen molar-refractivity contribution in [3.05, 3.63) is 40.2 Å². The predicted molar refractivity (Wildman–Crippen MR) is 99.5 cm³/mol. The van der Waals surface area contributed by atoms with Gasteiger partial charge in [0.25, 0.3) is 5.91 Å². The molecule has 1 saturated heterocycles. The van der Waals surface area contributed by atoms with Crippen LogP contribution >= 0.6 is 11.3 Å². The van der Waals surface area contributed by atoms with Crippen LogP contribution in [0.3, 0.4) is 0 Å². The molecule has 0 bridgehead atoms. The second-order valence-electron chi connectivity index (χ2n) is 7.74. The molecule has 1 aliphatic heterocycles. The summed E-state index contributed by atoms with van der Waals surface area (Å²) in [5.41, 5.74) is 3.99. The zero-order chi connectivity index (χ0) is 18.3. The Bertz CT molecular complexity index is 919. The standard InChI is InChI=1S/C18H22N6OS/c1-18(2,3)14-4-5-15-20-21-16(24(15)22-14)12-6-8-23(9-7-12)17(25)13-10-26-11-19-13/h4-5,10-12H,6-9H2,1-3H3. The molecule has 0 unspecified atom stereocenters. The van der Waals surface area contributed by atoms with Gasteiger partial charge >= 0.3 is 0 Å². The molecule has 136 valence electrons. The number of rotatable bonds is 2. The van der Waals surface area contributed by atoms with Crippen LogP contribution in [-0.2, 0) is 5.41 Å². The Morgan fingerprint density at radius 2 is 1.96 bits per heavy atom. The number of carbonyl (C=O) groups is 1. The van der Waals surface area contributed by atoms with Gasteiger partial charge < -0.3 is 4.90 Å². The molecule has 1 aliphatic rings. The topological polar surface area (TPSA) is 76.3 Å². The van der Waals surface area contributed by atoms with Gasteiger partial charge in [-0.3, -0.25) is 4.79 Å². The number of nitrogens with zero attached hydrogens (tertiary/aromatic N) is 6. The van der Waals surface area contributed by atoms with E-state index in [0.717, 1.165) is 30.0 Å². The lowest BCUT2D eigenvalue weighted by Crippen LogP contribution is -2.38. The van der Waals surface area contributed by atoms with E-state index in [-0.39, 0.29) is 17.2 Å². The molecule has 0 aliphatic carbocycles. The molecule has 7 nitrogen and oxygen atoms in total. The van der Waals surface area contributed by atoms with Crippen LogP contribution < -0.4 is 0 Å². The van der Waals surface area contributed by atoms with Crippen molar-refractivity contribution in [3.63, 3.8) is 0 Å². The van der Waals surface area contributed by atoms with E-state index >= 15 is 0 Å². The highest BCUT2D eigenvalue weighted by Crippen LogP contribution is 2.28. The van der Waals surface area contributed by atoms with Gasteiger partial charge in [-0.15, -0.1) is 21.5 Å². The highest BCUT2D eigenvalue weighted by Gasteiger charge is 2.29. The zero-order valence-corrected chi connectivity index (χ0v) is 16.0. The van der Waals surface area contributed by atoms with E-state index in [1.54, 1.807) is 10.9 Å². The molecule has 0 radical (unpaired) electrons. The molecule has 3 aromatic heterocycles. The Kier molecular flexibility index (Phi) is 4.22. The number of amides is 1. The monoisotopic (exact) mass is 370 g/mol. The minimum Gasteiger partial charge on any atom is -0.337 e. The normalized spacial score (nSPS) is 16.3. The summed E-state index contributed by atoms with van der Waals surface area (Å²) in [6, 6.07) is 3.99. The van der Waals surface area contributed by atoms with E-state index in [4.69, 9.17) is 5.10 Å². The Morgan fingerprint density at radius 1 is 1.19 bits per heavy atom. The van der Waals surface area contributed by atoms with Crippen molar-refractivity contribution < 1.29 is 4.79 Å². The van der Waals surface area contributed by atoms with Gasteiger partial charge in [-0.1, -0.05) is 20.8 Å². The lowest BCUT2D eigenvalue weighted by molar-refractivity contribution is 0.0705. The highest BCUT2D eigenvalue weighted by atomic mass is 32.1.